The van der Waals surface area contributed by atoms with E-state index in [1.807, 2.05) is 0 Å². The molecule has 1 heterocycles. The molecule has 1 N–H and O–H groups in total. The summed E-state index contributed by atoms with van der Waals surface area (Å²) in [4.78, 5) is 10.3. The fraction of sp³-hybridized carbons (Fsp3) is 0.400. The number of hydrogen-bond acceptors (Lipinski definition) is 4. The Labute approximate surface area is 97.5 Å². The summed E-state index contributed by atoms with van der Waals surface area (Å²) in [5.41, 5.74) is 0.459. The molecule has 2 rings (SSSR count). The molecule has 0 radical (unpaired) electrons. The zero-order valence-electron chi connectivity index (χ0n) is 8.48. The molecule has 1 saturated heterocycles. The minimum absolute atomic E-state index is 0.0137. The van der Waals surface area contributed by atoms with E-state index >= 15 is 0 Å². The highest BCUT2D eigenvalue weighted by molar-refractivity contribution is 6.31. The van der Waals surface area contributed by atoms with E-state index in [1.54, 1.807) is 12.1 Å². The normalized spacial score (nSPS) is 15.8. The standard InChI is InChI=1S/C10H11ClN2O3/c11-9-2-1-3-10(13(14)15)8(9)6-16-7-4-12-5-7/h1-3,7,12H,4-6H2. The van der Waals surface area contributed by atoms with Crippen molar-refractivity contribution in [1.29, 1.82) is 0 Å². The fourth-order valence-electron chi connectivity index (χ4n) is 1.44. The molecule has 0 unspecified atom stereocenters. The van der Waals surface area contributed by atoms with E-state index in [1.165, 1.54) is 6.07 Å². The van der Waals surface area contributed by atoms with Crippen LogP contribution in [0.3, 0.4) is 0 Å². The molecule has 86 valence electrons. The van der Waals surface area contributed by atoms with Crippen molar-refractivity contribution >= 4 is 17.3 Å². The van der Waals surface area contributed by atoms with E-state index in [4.69, 9.17) is 16.3 Å². The van der Waals surface area contributed by atoms with Crippen molar-refractivity contribution in [2.45, 2.75) is 12.7 Å². The van der Waals surface area contributed by atoms with Crippen molar-refractivity contribution in [2.24, 2.45) is 0 Å². The molecule has 0 amide bonds. The van der Waals surface area contributed by atoms with Crippen LogP contribution >= 0.6 is 11.6 Å². The number of nitrogens with one attached hydrogen (secondary N) is 1. The summed E-state index contributed by atoms with van der Waals surface area (Å²) in [7, 11) is 0. The molecule has 6 heteroatoms. The Kier molecular flexibility index (Phi) is 3.38. The fourth-order valence-corrected chi connectivity index (χ4v) is 1.67. The molecule has 1 fully saturated rings. The van der Waals surface area contributed by atoms with E-state index in [2.05, 4.69) is 5.32 Å². The van der Waals surface area contributed by atoms with Gasteiger partial charge >= 0.3 is 0 Å². The van der Waals surface area contributed by atoms with Crippen LogP contribution in [0.15, 0.2) is 18.2 Å². The van der Waals surface area contributed by atoms with Gasteiger partial charge in [0.15, 0.2) is 0 Å². The summed E-state index contributed by atoms with van der Waals surface area (Å²) in [6, 6.07) is 4.63. The quantitative estimate of drug-likeness (QED) is 0.645. The molecule has 1 aromatic carbocycles. The molecule has 5 nitrogen and oxygen atoms in total. The van der Waals surface area contributed by atoms with Gasteiger partial charge in [0.25, 0.3) is 5.69 Å². The van der Waals surface area contributed by atoms with E-state index in [0.717, 1.165) is 13.1 Å². The lowest BCUT2D eigenvalue weighted by Crippen LogP contribution is -2.48. The Bertz CT molecular complexity index is 407. The molecule has 1 aliphatic rings. The minimum Gasteiger partial charge on any atom is -0.371 e. The minimum atomic E-state index is -0.441. The molecule has 0 saturated carbocycles. The SMILES string of the molecule is O=[N+]([O-])c1cccc(Cl)c1COC1CNC1. The number of halogens is 1. The Morgan fingerprint density at radius 3 is 2.88 bits per heavy atom. The summed E-state index contributed by atoms with van der Waals surface area (Å²) in [6.07, 6.45) is 0.135. The van der Waals surface area contributed by atoms with Gasteiger partial charge in [-0.05, 0) is 6.07 Å². The number of nitro benzene ring substituents is 1. The van der Waals surface area contributed by atoms with Gasteiger partial charge in [0.05, 0.1) is 28.2 Å². The second-order valence-electron chi connectivity index (χ2n) is 3.59. The number of nitrogens with zero attached hydrogens (tertiary/aromatic N) is 1. The van der Waals surface area contributed by atoms with Crippen LogP contribution in [0.5, 0.6) is 0 Å². The van der Waals surface area contributed by atoms with Gasteiger partial charge < -0.3 is 10.1 Å². The van der Waals surface area contributed by atoms with E-state index < -0.39 is 4.92 Å². The van der Waals surface area contributed by atoms with E-state index in [9.17, 15) is 10.1 Å². The molecule has 0 aliphatic carbocycles. The number of nitro groups is 1. The Morgan fingerprint density at radius 2 is 2.31 bits per heavy atom. The summed E-state index contributed by atoms with van der Waals surface area (Å²) in [5, 5.41) is 14.2. The topological polar surface area (TPSA) is 64.4 Å². The van der Waals surface area contributed by atoms with Crippen LogP contribution in [0.4, 0.5) is 5.69 Å². The van der Waals surface area contributed by atoms with Crippen LogP contribution in [-0.4, -0.2) is 24.1 Å². The number of rotatable bonds is 4. The molecular weight excluding hydrogens is 232 g/mol. The molecule has 1 aliphatic heterocycles. The van der Waals surface area contributed by atoms with Crippen molar-refractivity contribution in [3.8, 4) is 0 Å². The van der Waals surface area contributed by atoms with E-state index in [-0.39, 0.29) is 18.4 Å². The monoisotopic (exact) mass is 242 g/mol. The number of ether oxygens (including phenoxy) is 1. The van der Waals surface area contributed by atoms with E-state index in [0.29, 0.717) is 10.6 Å². The average molecular weight is 243 g/mol. The number of hydrogen-bond donors (Lipinski definition) is 1. The second kappa shape index (κ2) is 4.78. The average Bonchev–Trinajstić information content (AvgIpc) is 2.17. The lowest BCUT2D eigenvalue weighted by Gasteiger charge is -2.27. The third kappa shape index (κ3) is 2.32. The lowest BCUT2D eigenvalue weighted by atomic mass is 10.2. The zero-order chi connectivity index (χ0) is 11.5. The van der Waals surface area contributed by atoms with Crippen molar-refractivity contribution in [1.82, 2.24) is 5.32 Å². The van der Waals surface area contributed by atoms with Crippen molar-refractivity contribution in [3.05, 3.63) is 38.9 Å². The van der Waals surface area contributed by atoms with Crippen LogP contribution in [0.2, 0.25) is 5.02 Å². The zero-order valence-corrected chi connectivity index (χ0v) is 9.24. The maximum Gasteiger partial charge on any atom is 0.276 e. The van der Waals surface area contributed by atoms with Crippen LogP contribution in [0.25, 0.3) is 0 Å². The number of benzene rings is 1. The molecule has 0 bridgehead atoms. The van der Waals surface area contributed by atoms with Crippen LogP contribution < -0.4 is 5.32 Å². The van der Waals surface area contributed by atoms with Crippen LogP contribution in [0, 0.1) is 10.1 Å². The maximum absolute atomic E-state index is 10.8. The van der Waals surface area contributed by atoms with Crippen molar-refractivity contribution < 1.29 is 9.66 Å². The van der Waals surface area contributed by atoms with Gasteiger partial charge in [-0.15, -0.1) is 0 Å². The molecule has 0 spiro atoms. The largest absolute Gasteiger partial charge is 0.371 e. The van der Waals surface area contributed by atoms with Crippen LogP contribution in [-0.2, 0) is 11.3 Å². The van der Waals surface area contributed by atoms with Crippen LogP contribution in [0.1, 0.15) is 5.56 Å². The van der Waals surface area contributed by atoms with Gasteiger partial charge in [0.2, 0.25) is 0 Å². The first-order valence-corrected chi connectivity index (χ1v) is 5.30. The summed E-state index contributed by atoms with van der Waals surface area (Å²) >= 11 is 5.92. The molecule has 0 aromatic heterocycles. The third-order valence-corrected chi connectivity index (χ3v) is 2.85. The lowest BCUT2D eigenvalue weighted by molar-refractivity contribution is -0.386. The summed E-state index contributed by atoms with van der Waals surface area (Å²) < 4.78 is 5.48. The maximum atomic E-state index is 10.8. The Balaban J connectivity index is 2.13. The van der Waals surface area contributed by atoms with Gasteiger partial charge in [0, 0.05) is 19.2 Å². The van der Waals surface area contributed by atoms with Gasteiger partial charge in [-0.2, -0.15) is 0 Å². The summed E-state index contributed by atoms with van der Waals surface area (Å²) in [6.45, 7) is 1.76. The molecule has 1 aromatic rings. The highest BCUT2D eigenvalue weighted by Gasteiger charge is 2.21. The first-order valence-electron chi connectivity index (χ1n) is 4.92. The van der Waals surface area contributed by atoms with Gasteiger partial charge in [0.1, 0.15) is 0 Å². The van der Waals surface area contributed by atoms with Gasteiger partial charge in [-0.25, -0.2) is 0 Å². The van der Waals surface area contributed by atoms with Gasteiger partial charge in [-0.1, -0.05) is 17.7 Å². The smallest absolute Gasteiger partial charge is 0.276 e. The van der Waals surface area contributed by atoms with Crippen molar-refractivity contribution in [2.75, 3.05) is 13.1 Å². The predicted molar refractivity (Wildman–Crippen MR) is 59.6 cm³/mol. The second-order valence-corrected chi connectivity index (χ2v) is 3.99. The Hall–Kier alpha value is -1.17. The predicted octanol–water partition coefficient (Wildman–Crippen LogP) is 1.74. The molecule has 0 atom stereocenters. The molecular formula is C10H11ClN2O3. The molecule has 16 heavy (non-hydrogen) atoms. The van der Waals surface area contributed by atoms with Crippen molar-refractivity contribution in [3.63, 3.8) is 0 Å². The Morgan fingerprint density at radius 1 is 1.56 bits per heavy atom. The third-order valence-electron chi connectivity index (χ3n) is 2.50. The first-order chi connectivity index (χ1) is 7.68. The summed E-state index contributed by atoms with van der Waals surface area (Å²) in [5.74, 6) is 0. The highest BCUT2D eigenvalue weighted by atomic mass is 35.5. The first kappa shape index (κ1) is 11.3. The highest BCUT2D eigenvalue weighted by Crippen LogP contribution is 2.27. The van der Waals surface area contributed by atoms with Gasteiger partial charge in [-0.3, -0.25) is 10.1 Å².